The molecule has 1 aromatic heterocycles. The van der Waals surface area contributed by atoms with Gasteiger partial charge >= 0.3 is 0 Å². The van der Waals surface area contributed by atoms with Crippen molar-refractivity contribution in [3.8, 4) is 0 Å². The lowest BCUT2D eigenvalue weighted by Gasteiger charge is -1.95. The number of furan rings is 1. The Kier molecular flexibility index (Phi) is 2.19. The van der Waals surface area contributed by atoms with Crippen LogP contribution in [0.1, 0.15) is 23.5 Å². The van der Waals surface area contributed by atoms with Gasteiger partial charge in [-0.25, -0.2) is 0 Å². The van der Waals surface area contributed by atoms with Gasteiger partial charge < -0.3 is 9.15 Å². The van der Waals surface area contributed by atoms with Gasteiger partial charge in [-0.15, -0.1) is 0 Å². The maximum atomic E-state index is 10.5. The molecule has 0 bridgehead atoms. The van der Waals surface area contributed by atoms with E-state index in [0.717, 1.165) is 11.3 Å². The first-order valence-electron chi connectivity index (χ1n) is 5.19. The summed E-state index contributed by atoms with van der Waals surface area (Å²) >= 11 is 0. The summed E-state index contributed by atoms with van der Waals surface area (Å²) in [4.78, 5) is 10.1. The fourth-order valence-corrected chi connectivity index (χ4v) is 1.82. The van der Waals surface area contributed by atoms with Crippen molar-refractivity contribution in [2.24, 2.45) is 0 Å². The number of non-ortho nitro benzene ring substituents is 1. The molecule has 17 heavy (non-hydrogen) atoms. The van der Waals surface area contributed by atoms with E-state index in [1.54, 1.807) is 18.4 Å². The molecule has 1 saturated heterocycles. The fraction of sp³-hybridized carbons (Fsp3) is 0.167. The standard InChI is InChI=1S/C12H9NO4/c14-13(15)9-5-3-8(4-6-9)11-12(17-11)10-2-1-7-16-10/h1-7,11-12H/t11-,12-/m0/s1. The topological polar surface area (TPSA) is 68.8 Å². The number of epoxide rings is 1. The Balaban J connectivity index is 1.77. The number of rotatable bonds is 3. The number of nitrogens with zero attached hydrogens (tertiary/aromatic N) is 1. The zero-order chi connectivity index (χ0) is 11.8. The molecule has 0 N–H and O–H groups in total. The molecule has 0 radical (unpaired) electrons. The summed E-state index contributed by atoms with van der Waals surface area (Å²) in [6.07, 6.45) is 1.48. The molecular formula is C12H9NO4. The summed E-state index contributed by atoms with van der Waals surface area (Å²) < 4.78 is 10.7. The number of nitro benzene ring substituents is 1. The van der Waals surface area contributed by atoms with Crippen LogP contribution < -0.4 is 0 Å². The van der Waals surface area contributed by atoms with Gasteiger partial charge in [0.25, 0.3) is 5.69 Å². The van der Waals surface area contributed by atoms with E-state index < -0.39 is 4.92 Å². The van der Waals surface area contributed by atoms with Crippen LogP contribution in [0.5, 0.6) is 0 Å². The van der Waals surface area contributed by atoms with E-state index in [1.807, 2.05) is 12.1 Å². The lowest BCUT2D eigenvalue weighted by Crippen LogP contribution is -1.88. The van der Waals surface area contributed by atoms with Crippen molar-refractivity contribution in [1.29, 1.82) is 0 Å². The highest BCUT2D eigenvalue weighted by atomic mass is 16.6. The molecule has 1 aromatic carbocycles. The van der Waals surface area contributed by atoms with Gasteiger partial charge in [-0.05, 0) is 29.8 Å². The highest BCUT2D eigenvalue weighted by Crippen LogP contribution is 2.51. The molecule has 86 valence electrons. The van der Waals surface area contributed by atoms with Crippen molar-refractivity contribution in [1.82, 2.24) is 0 Å². The predicted molar refractivity (Wildman–Crippen MR) is 58.4 cm³/mol. The van der Waals surface area contributed by atoms with Crippen LogP contribution in [-0.2, 0) is 4.74 Å². The quantitative estimate of drug-likeness (QED) is 0.462. The molecule has 1 aliphatic rings. The van der Waals surface area contributed by atoms with E-state index in [2.05, 4.69) is 0 Å². The summed E-state index contributed by atoms with van der Waals surface area (Å²) in [5.41, 5.74) is 1.01. The molecule has 2 atom stereocenters. The molecule has 0 spiro atoms. The zero-order valence-corrected chi connectivity index (χ0v) is 8.78. The molecule has 1 fully saturated rings. The van der Waals surface area contributed by atoms with E-state index >= 15 is 0 Å². The van der Waals surface area contributed by atoms with Crippen LogP contribution in [0.4, 0.5) is 5.69 Å². The van der Waals surface area contributed by atoms with Crippen molar-refractivity contribution < 1.29 is 14.1 Å². The predicted octanol–water partition coefficient (Wildman–Crippen LogP) is 3.00. The van der Waals surface area contributed by atoms with Crippen molar-refractivity contribution in [2.75, 3.05) is 0 Å². The maximum Gasteiger partial charge on any atom is 0.269 e. The molecule has 0 aliphatic carbocycles. The third-order valence-electron chi connectivity index (χ3n) is 2.75. The Bertz CT molecular complexity index is 532. The molecule has 2 heterocycles. The van der Waals surface area contributed by atoms with Crippen molar-refractivity contribution >= 4 is 5.69 Å². The first-order chi connectivity index (χ1) is 8.25. The normalized spacial score (nSPS) is 22.4. The number of ether oxygens (including phenoxy) is 1. The molecule has 2 aromatic rings. The smallest absolute Gasteiger partial charge is 0.269 e. The highest BCUT2D eigenvalue weighted by Gasteiger charge is 2.43. The van der Waals surface area contributed by atoms with E-state index in [-0.39, 0.29) is 17.9 Å². The molecule has 0 amide bonds. The Hall–Kier alpha value is -2.14. The average molecular weight is 231 g/mol. The van der Waals surface area contributed by atoms with E-state index in [0.29, 0.717) is 0 Å². The number of nitro groups is 1. The average Bonchev–Trinajstić information content (AvgIpc) is 2.95. The number of hydrogen-bond donors (Lipinski definition) is 0. The van der Waals surface area contributed by atoms with E-state index in [4.69, 9.17) is 9.15 Å². The minimum absolute atomic E-state index is 0.0537. The van der Waals surface area contributed by atoms with Gasteiger partial charge in [0.05, 0.1) is 11.2 Å². The molecule has 0 unspecified atom stereocenters. The third kappa shape index (κ3) is 1.81. The van der Waals surface area contributed by atoms with Crippen LogP contribution in [0, 0.1) is 10.1 Å². The fourth-order valence-electron chi connectivity index (χ4n) is 1.82. The van der Waals surface area contributed by atoms with Crippen LogP contribution in [0.25, 0.3) is 0 Å². The van der Waals surface area contributed by atoms with E-state index in [9.17, 15) is 10.1 Å². The molecule has 5 heteroatoms. The van der Waals surface area contributed by atoms with Crippen LogP contribution in [0.3, 0.4) is 0 Å². The lowest BCUT2D eigenvalue weighted by atomic mass is 10.1. The van der Waals surface area contributed by atoms with Gasteiger partial charge in [-0.3, -0.25) is 10.1 Å². The monoisotopic (exact) mass is 231 g/mol. The van der Waals surface area contributed by atoms with Gasteiger partial charge in [-0.1, -0.05) is 0 Å². The molecule has 5 nitrogen and oxygen atoms in total. The van der Waals surface area contributed by atoms with Gasteiger partial charge in [-0.2, -0.15) is 0 Å². The Labute approximate surface area is 96.8 Å². The molecule has 1 aliphatic heterocycles. The maximum absolute atomic E-state index is 10.5. The number of benzene rings is 1. The molecular weight excluding hydrogens is 222 g/mol. The van der Waals surface area contributed by atoms with Gasteiger partial charge in [0, 0.05) is 12.1 Å². The zero-order valence-electron chi connectivity index (χ0n) is 8.78. The first kappa shape index (κ1) is 10.0. The van der Waals surface area contributed by atoms with Gasteiger partial charge in [0.2, 0.25) is 0 Å². The van der Waals surface area contributed by atoms with Crippen LogP contribution in [0.15, 0.2) is 47.1 Å². The second-order valence-corrected chi connectivity index (χ2v) is 3.84. The van der Waals surface area contributed by atoms with Crippen molar-refractivity contribution in [3.63, 3.8) is 0 Å². The van der Waals surface area contributed by atoms with Crippen LogP contribution in [0.2, 0.25) is 0 Å². The highest BCUT2D eigenvalue weighted by molar-refractivity contribution is 5.36. The Morgan fingerprint density at radius 1 is 1.12 bits per heavy atom. The summed E-state index contributed by atoms with van der Waals surface area (Å²) in [7, 11) is 0. The first-order valence-corrected chi connectivity index (χ1v) is 5.19. The minimum atomic E-state index is -0.415. The summed E-state index contributed by atoms with van der Waals surface area (Å²) in [6, 6.07) is 10.1. The number of hydrogen-bond acceptors (Lipinski definition) is 4. The van der Waals surface area contributed by atoms with E-state index in [1.165, 1.54) is 12.1 Å². The molecule has 0 saturated carbocycles. The van der Waals surface area contributed by atoms with Crippen molar-refractivity contribution in [2.45, 2.75) is 12.2 Å². The van der Waals surface area contributed by atoms with Crippen LogP contribution in [-0.4, -0.2) is 4.92 Å². The second-order valence-electron chi connectivity index (χ2n) is 3.84. The SMILES string of the molecule is O=[N+]([O-])c1ccc([C@@H]2O[C@H]2c2ccco2)cc1. The summed E-state index contributed by atoms with van der Waals surface area (Å²) in [5.74, 6) is 0.786. The molecule has 3 rings (SSSR count). The Morgan fingerprint density at radius 3 is 2.47 bits per heavy atom. The van der Waals surface area contributed by atoms with Gasteiger partial charge in [0.15, 0.2) is 0 Å². The van der Waals surface area contributed by atoms with Crippen molar-refractivity contribution in [3.05, 3.63) is 64.1 Å². The Morgan fingerprint density at radius 2 is 1.88 bits per heavy atom. The minimum Gasteiger partial charge on any atom is -0.466 e. The summed E-state index contributed by atoms with van der Waals surface area (Å²) in [5, 5.41) is 10.5. The summed E-state index contributed by atoms with van der Waals surface area (Å²) in [6.45, 7) is 0. The largest absolute Gasteiger partial charge is 0.466 e. The third-order valence-corrected chi connectivity index (χ3v) is 2.75. The van der Waals surface area contributed by atoms with Gasteiger partial charge in [0.1, 0.15) is 18.0 Å². The second kappa shape index (κ2) is 3.71. The lowest BCUT2D eigenvalue weighted by molar-refractivity contribution is -0.384. The van der Waals surface area contributed by atoms with Crippen LogP contribution >= 0.6 is 0 Å².